The molecule has 6 heteroatoms. The third-order valence-corrected chi connectivity index (χ3v) is 3.42. The number of alkyl halides is 3. The lowest BCUT2D eigenvalue weighted by Crippen LogP contribution is -2.26. The van der Waals surface area contributed by atoms with Crippen LogP contribution in [0.25, 0.3) is 0 Å². The quantitative estimate of drug-likeness (QED) is 0.901. The maximum atomic E-state index is 12.6. The highest BCUT2D eigenvalue weighted by Crippen LogP contribution is 2.29. The topological polar surface area (TPSA) is 24.9 Å². The summed E-state index contributed by atoms with van der Waals surface area (Å²) in [5, 5.41) is 2.95. The molecule has 0 aliphatic rings. The molecule has 1 unspecified atom stereocenters. The van der Waals surface area contributed by atoms with Gasteiger partial charge in [0.1, 0.15) is 0 Å². The molecule has 0 aliphatic heterocycles. The minimum atomic E-state index is -4.19. The van der Waals surface area contributed by atoms with Gasteiger partial charge in [-0.2, -0.15) is 13.2 Å². The van der Waals surface area contributed by atoms with E-state index in [4.69, 9.17) is 0 Å². The van der Waals surface area contributed by atoms with E-state index < -0.39 is 18.6 Å². The third-order valence-electron chi connectivity index (χ3n) is 2.64. The van der Waals surface area contributed by atoms with Gasteiger partial charge >= 0.3 is 6.18 Å². The van der Waals surface area contributed by atoms with E-state index in [9.17, 15) is 13.2 Å². The number of benzene rings is 1. The Morgan fingerprint density at radius 3 is 2.53 bits per heavy atom. The van der Waals surface area contributed by atoms with Crippen LogP contribution < -0.4 is 5.32 Å². The molecule has 0 saturated heterocycles. The Bertz CT molecular complexity index is 482. The zero-order chi connectivity index (χ0) is 13.7. The van der Waals surface area contributed by atoms with Gasteiger partial charge in [-0.3, -0.25) is 4.98 Å². The first-order chi connectivity index (χ1) is 9.04. The Kier molecular flexibility index (Phi) is 4.55. The molecular weight excluding hydrogens is 273 g/mol. The van der Waals surface area contributed by atoms with Crippen LogP contribution in [0.1, 0.15) is 22.9 Å². The number of nitrogens with one attached hydrogen (secondary N) is 1. The number of hydrogen-bond acceptors (Lipinski definition) is 3. The number of aromatic nitrogens is 1. The second-order valence-corrected chi connectivity index (χ2v) is 5.10. The molecule has 1 heterocycles. The first kappa shape index (κ1) is 14.0. The molecule has 2 nitrogen and oxygen atoms in total. The second-order valence-electron chi connectivity index (χ2n) is 4.13. The number of halogens is 3. The summed E-state index contributed by atoms with van der Waals surface area (Å²) in [6, 6.07) is 7.95. The van der Waals surface area contributed by atoms with Crippen LogP contribution in [-0.2, 0) is 6.54 Å². The lowest BCUT2D eigenvalue weighted by Gasteiger charge is -2.20. The van der Waals surface area contributed by atoms with Gasteiger partial charge in [-0.25, -0.2) is 0 Å². The monoisotopic (exact) mass is 286 g/mol. The van der Waals surface area contributed by atoms with Crippen molar-refractivity contribution in [1.82, 2.24) is 10.3 Å². The fourth-order valence-electron chi connectivity index (χ4n) is 1.78. The van der Waals surface area contributed by atoms with Crippen molar-refractivity contribution in [3.63, 3.8) is 0 Å². The Balaban J connectivity index is 2.06. The summed E-state index contributed by atoms with van der Waals surface area (Å²) in [5.41, 5.74) is 2.31. The largest absolute Gasteiger partial charge is 0.390 e. The Hall–Kier alpha value is -1.40. The minimum Gasteiger partial charge on any atom is -0.305 e. The molecule has 1 N–H and O–H groups in total. The van der Waals surface area contributed by atoms with Crippen molar-refractivity contribution in [2.45, 2.75) is 25.2 Å². The predicted octanol–water partition coefficient (Wildman–Crippen LogP) is 3.93. The zero-order valence-electron chi connectivity index (χ0n) is 10.0. The normalized spacial score (nSPS) is 13.4. The first-order valence-electron chi connectivity index (χ1n) is 5.77. The predicted molar refractivity (Wildman–Crippen MR) is 68.8 cm³/mol. The maximum absolute atomic E-state index is 12.6. The van der Waals surface area contributed by atoms with Crippen LogP contribution in [-0.4, -0.2) is 11.2 Å². The number of thiazole rings is 1. The summed E-state index contributed by atoms with van der Waals surface area (Å²) < 4.78 is 37.8. The molecule has 2 rings (SSSR count). The van der Waals surface area contributed by atoms with Crippen molar-refractivity contribution in [1.29, 1.82) is 0 Å². The standard InChI is InChI=1S/C13H13F3N2S/c14-13(15,16)6-12(10-4-2-1-3-5-10)18-8-11-7-17-9-19-11/h1-5,7,9,12,18H,6,8H2. The molecule has 102 valence electrons. The summed E-state index contributed by atoms with van der Waals surface area (Å²) in [5.74, 6) is 0. The number of nitrogens with zero attached hydrogens (tertiary/aromatic N) is 1. The molecule has 0 bridgehead atoms. The van der Waals surface area contributed by atoms with E-state index >= 15 is 0 Å². The molecule has 0 fully saturated rings. The van der Waals surface area contributed by atoms with Gasteiger partial charge in [0.25, 0.3) is 0 Å². The number of rotatable bonds is 5. The maximum Gasteiger partial charge on any atom is 0.390 e. The molecule has 1 aromatic carbocycles. The first-order valence-corrected chi connectivity index (χ1v) is 6.65. The van der Waals surface area contributed by atoms with Crippen molar-refractivity contribution >= 4 is 11.3 Å². The van der Waals surface area contributed by atoms with Gasteiger partial charge in [0.15, 0.2) is 0 Å². The van der Waals surface area contributed by atoms with Crippen molar-refractivity contribution in [2.24, 2.45) is 0 Å². The Morgan fingerprint density at radius 2 is 1.95 bits per heavy atom. The highest BCUT2D eigenvalue weighted by Gasteiger charge is 2.32. The Morgan fingerprint density at radius 1 is 1.21 bits per heavy atom. The molecule has 0 saturated carbocycles. The fourth-order valence-corrected chi connectivity index (χ4v) is 2.32. The van der Waals surface area contributed by atoms with Gasteiger partial charge in [0, 0.05) is 23.7 Å². The molecule has 19 heavy (non-hydrogen) atoms. The molecule has 0 spiro atoms. The van der Waals surface area contributed by atoms with Crippen molar-refractivity contribution in [3.05, 3.63) is 52.5 Å². The highest BCUT2D eigenvalue weighted by atomic mass is 32.1. The van der Waals surface area contributed by atoms with E-state index in [1.165, 1.54) is 11.3 Å². The van der Waals surface area contributed by atoms with Crippen molar-refractivity contribution < 1.29 is 13.2 Å². The fraction of sp³-hybridized carbons (Fsp3) is 0.308. The van der Waals surface area contributed by atoms with Gasteiger partial charge in [-0.1, -0.05) is 30.3 Å². The van der Waals surface area contributed by atoms with Crippen LogP contribution in [0.4, 0.5) is 13.2 Å². The lowest BCUT2D eigenvalue weighted by molar-refractivity contribution is -0.140. The molecule has 1 atom stereocenters. The molecule has 0 amide bonds. The molecular formula is C13H13F3N2S. The minimum absolute atomic E-state index is 0.389. The van der Waals surface area contributed by atoms with Crippen molar-refractivity contribution in [2.75, 3.05) is 0 Å². The zero-order valence-corrected chi connectivity index (χ0v) is 10.8. The Labute approximate surface area is 113 Å². The van der Waals surface area contributed by atoms with Crippen LogP contribution in [0.5, 0.6) is 0 Å². The van der Waals surface area contributed by atoms with Gasteiger partial charge in [-0.15, -0.1) is 11.3 Å². The summed E-state index contributed by atoms with van der Waals surface area (Å²) in [4.78, 5) is 4.82. The number of hydrogen-bond donors (Lipinski definition) is 1. The van der Waals surface area contributed by atoms with Crippen LogP contribution >= 0.6 is 11.3 Å². The molecule has 1 aromatic heterocycles. The van der Waals surface area contributed by atoms with E-state index in [1.807, 2.05) is 0 Å². The second kappa shape index (κ2) is 6.16. The molecule has 0 radical (unpaired) electrons. The average Bonchev–Trinajstić information content (AvgIpc) is 2.87. The molecule has 2 aromatic rings. The van der Waals surface area contributed by atoms with E-state index in [0.717, 1.165) is 4.88 Å². The van der Waals surface area contributed by atoms with Gasteiger partial charge < -0.3 is 5.32 Å². The van der Waals surface area contributed by atoms with E-state index in [0.29, 0.717) is 12.1 Å². The van der Waals surface area contributed by atoms with E-state index in [1.54, 1.807) is 42.0 Å². The van der Waals surface area contributed by atoms with E-state index in [2.05, 4.69) is 10.3 Å². The summed E-state index contributed by atoms with van der Waals surface area (Å²) in [6.07, 6.45) is -3.41. The SMILES string of the molecule is FC(F)(F)CC(NCc1cncs1)c1ccccc1. The van der Waals surface area contributed by atoms with Crippen LogP contribution in [0, 0.1) is 0 Å². The summed E-state index contributed by atoms with van der Waals surface area (Å²) in [7, 11) is 0. The van der Waals surface area contributed by atoms with Crippen LogP contribution in [0.15, 0.2) is 42.0 Å². The highest BCUT2D eigenvalue weighted by molar-refractivity contribution is 7.09. The van der Waals surface area contributed by atoms with Crippen LogP contribution in [0.2, 0.25) is 0 Å². The smallest absolute Gasteiger partial charge is 0.305 e. The van der Waals surface area contributed by atoms with E-state index in [-0.39, 0.29) is 0 Å². The average molecular weight is 286 g/mol. The van der Waals surface area contributed by atoms with Crippen LogP contribution in [0.3, 0.4) is 0 Å². The van der Waals surface area contributed by atoms with Gasteiger partial charge in [0.2, 0.25) is 0 Å². The van der Waals surface area contributed by atoms with Gasteiger partial charge in [0.05, 0.1) is 11.9 Å². The molecule has 0 aliphatic carbocycles. The summed E-state index contributed by atoms with van der Waals surface area (Å²) >= 11 is 1.42. The van der Waals surface area contributed by atoms with Crippen molar-refractivity contribution in [3.8, 4) is 0 Å². The lowest BCUT2D eigenvalue weighted by atomic mass is 10.0. The third kappa shape index (κ3) is 4.65. The summed E-state index contributed by atoms with van der Waals surface area (Å²) in [6.45, 7) is 0.389. The van der Waals surface area contributed by atoms with Gasteiger partial charge in [-0.05, 0) is 5.56 Å².